The number of fused-ring (bicyclic) bond motifs is 6. The van der Waals surface area contributed by atoms with Crippen LogP contribution in [0.1, 0.15) is 0 Å². The van der Waals surface area contributed by atoms with Crippen molar-refractivity contribution >= 4 is 53.4 Å². The molecule has 0 aliphatic heterocycles. The fourth-order valence-corrected chi connectivity index (χ4v) is 8.87. The molecule has 0 aliphatic carbocycles. The molecule has 0 aliphatic rings. The van der Waals surface area contributed by atoms with Crippen LogP contribution in [-0.4, -0.2) is 15.0 Å². The maximum absolute atomic E-state index is 6.48. The Morgan fingerprint density at radius 2 is 0.839 bits per heavy atom. The molecule has 0 N–H and O–H groups in total. The number of furan rings is 1. The molecule has 3 heterocycles. The Balaban J connectivity index is 1.03. The fourth-order valence-electron chi connectivity index (χ4n) is 7.74. The van der Waals surface area contributed by atoms with E-state index in [2.05, 4.69) is 140 Å². The minimum Gasteiger partial charge on any atom is -0.456 e. The van der Waals surface area contributed by atoms with Gasteiger partial charge in [0, 0.05) is 47.6 Å². The lowest BCUT2D eigenvalue weighted by atomic mass is 9.99. The maximum Gasteiger partial charge on any atom is 0.164 e. The highest BCUT2D eigenvalue weighted by Gasteiger charge is 2.19. The van der Waals surface area contributed by atoms with Gasteiger partial charge in [-0.3, -0.25) is 0 Å². The van der Waals surface area contributed by atoms with E-state index in [-0.39, 0.29) is 0 Å². The first-order chi connectivity index (χ1) is 27.7. The van der Waals surface area contributed by atoms with Crippen molar-refractivity contribution in [3.63, 3.8) is 0 Å². The van der Waals surface area contributed by atoms with Gasteiger partial charge in [-0.15, -0.1) is 11.3 Å². The molecule has 0 saturated heterocycles. The van der Waals surface area contributed by atoms with Crippen LogP contribution in [-0.2, 0) is 0 Å². The SMILES string of the molecule is c1ccc(-c2ccc(-c3nc(-c4ccccc4)nc(-c4cccc5oc6ccc(-c7ccc8c(c7)sc7ccc(-c9ccccc9)cc78)cc6c45)n3)cc2)cc1. The lowest BCUT2D eigenvalue weighted by Crippen LogP contribution is -2.00. The number of aromatic nitrogens is 3. The summed E-state index contributed by atoms with van der Waals surface area (Å²) in [5.74, 6) is 1.84. The van der Waals surface area contributed by atoms with Gasteiger partial charge in [0.05, 0.1) is 0 Å². The molecular formula is C51H31N3OS. The molecule has 262 valence electrons. The van der Waals surface area contributed by atoms with Crippen molar-refractivity contribution in [2.75, 3.05) is 0 Å². The second kappa shape index (κ2) is 13.3. The van der Waals surface area contributed by atoms with E-state index in [0.717, 1.165) is 55.3 Å². The van der Waals surface area contributed by atoms with Crippen LogP contribution in [0, 0.1) is 0 Å². The monoisotopic (exact) mass is 733 g/mol. The van der Waals surface area contributed by atoms with Crippen molar-refractivity contribution in [2.45, 2.75) is 0 Å². The van der Waals surface area contributed by atoms with Gasteiger partial charge in [-0.25, -0.2) is 15.0 Å². The predicted molar refractivity (Wildman–Crippen MR) is 233 cm³/mol. The Bertz CT molecular complexity index is 3230. The molecule has 0 amide bonds. The molecule has 4 nitrogen and oxygen atoms in total. The van der Waals surface area contributed by atoms with E-state index in [1.165, 1.54) is 36.9 Å². The second-order valence-corrected chi connectivity index (χ2v) is 15.1. The molecule has 0 unspecified atom stereocenters. The molecule has 3 aromatic heterocycles. The highest BCUT2D eigenvalue weighted by atomic mass is 32.1. The highest BCUT2D eigenvalue weighted by molar-refractivity contribution is 7.25. The standard InChI is InChI=1S/C51H31N3OS/c1-4-11-32(12-5-1)34-19-21-36(22-20-34)50-52-49(35-15-8-3-9-16-35)53-51(54-50)41-17-10-18-45-48(41)43-30-38(24-27-44(43)55-45)39-23-26-40-42-29-37(33-13-6-2-7-14-33)25-28-46(42)56-47(40)31-39/h1-31H. The zero-order valence-electron chi connectivity index (χ0n) is 30.1. The van der Waals surface area contributed by atoms with E-state index in [1.54, 1.807) is 0 Å². The van der Waals surface area contributed by atoms with Gasteiger partial charge in [-0.1, -0.05) is 152 Å². The smallest absolute Gasteiger partial charge is 0.164 e. The van der Waals surface area contributed by atoms with Crippen LogP contribution in [0.3, 0.4) is 0 Å². The van der Waals surface area contributed by atoms with Crippen molar-refractivity contribution in [3.05, 3.63) is 188 Å². The Morgan fingerprint density at radius 3 is 1.57 bits per heavy atom. The molecule has 0 fully saturated rings. The molecule has 0 radical (unpaired) electrons. The van der Waals surface area contributed by atoms with Gasteiger partial charge >= 0.3 is 0 Å². The Morgan fingerprint density at radius 1 is 0.321 bits per heavy atom. The van der Waals surface area contributed by atoms with Gasteiger partial charge in [0.15, 0.2) is 17.5 Å². The minimum absolute atomic E-state index is 0.598. The number of benzene rings is 8. The second-order valence-electron chi connectivity index (χ2n) is 14.0. The van der Waals surface area contributed by atoms with Crippen LogP contribution in [0.15, 0.2) is 192 Å². The van der Waals surface area contributed by atoms with Crippen LogP contribution >= 0.6 is 11.3 Å². The van der Waals surface area contributed by atoms with E-state index in [9.17, 15) is 0 Å². The summed E-state index contributed by atoms with van der Waals surface area (Å²) < 4.78 is 9.03. The van der Waals surface area contributed by atoms with Gasteiger partial charge < -0.3 is 4.42 Å². The van der Waals surface area contributed by atoms with Crippen molar-refractivity contribution < 1.29 is 4.42 Å². The van der Waals surface area contributed by atoms with Crippen LogP contribution in [0.5, 0.6) is 0 Å². The van der Waals surface area contributed by atoms with Gasteiger partial charge in [0.25, 0.3) is 0 Å². The first-order valence-electron chi connectivity index (χ1n) is 18.7. The highest BCUT2D eigenvalue weighted by Crippen LogP contribution is 2.41. The number of rotatable bonds is 6. The summed E-state index contributed by atoms with van der Waals surface area (Å²) in [6.45, 7) is 0. The molecule has 56 heavy (non-hydrogen) atoms. The lowest BCUT2D eigenvalue weighted by Gasteiger charge is -2.10. The van der Waals surface area contributed by atoms with Crippen LogP contribution in [0.2, 0.25) is 0 Å². The normalized spacial score (nSPS) is 11.6. The van der Waals surface area contributed by atoms with Crippen molar-refractivity contribution in [1.29, 1.82) is 0 Å². The summed E-state index contributed by atoms with van der Waals surface area (Å²) in [7, 11) is 0. The minimum atomic E-state index is 0.598. The Kier molecular flexibility index (Phi) is 7.64. The summed E-state index contributed by atoms with van der Waals surface area (Å²) >= 11 is 1.84. The number of hydrogen-bond donors (Lipinski definition) is 0. The zero-order chi connectivity index (χ0) is 37.0. The molecule has 0 bridgehead atoms. The molecular weight excluding hydrogens is 703 g/mol. The number of nitrogens with zero attached hydrogens (tertiary/aromatic N) is 3. The van der Waals surface area contributed by atoms with E-state index >= 15 is 0 Å². The van der Waals surface area contributed by atoms with Gasteiger partial charge in [0.2, 0.25) is 0 Å². The largest absolute Gasteiger partial charge is 0.456 e. The van der Waals surface area contributed by atoms with Crippen LogP contribution < -0.4 is 0 Å². The third-order valence-corrected chi connectivity index (χ3v) is 11.7. The Hall–Kier alpha value is -7.21. The summed E-state index contributed by atoms with van der Waals surface area (Å²) in [4.78, 5) is 15.2. The summed E-state index contributed by atoms with van der Waals surface area (Å²) in [5, 5.41) is 4.57. The summed E-state index contributed by atoms with van der Waals surface area (Å²) in [6.07, 6.45) is 0. The quantitative estimate of drug-likeness (QED) is 0.171. The average molecular weight is 734 g/mol. The predicted octanol–water partition coefficient (Wildman–Crippen LogP) is 14.1. The first-order valence-corrected chi connectivity index (χ1v) is 19.5. The van der Waals surface area contributed by atoms with E-state index < -0.39 is 0 Å². The topological polar surface area (TPSA) is 51.8 Å². The van der Waals surface area contributed by atoms with Crippen molar-refractivity contribution in [1.82, 2.24) is 15.0 Å². The first kappa shape index (κ1) is 32.2. The molecule has 0 atom stereocenters. The van der Waals surface area contributed by atoms with E-state index in [4.69, 9.17) is 19.4 Å². The zero-order valence-corrected chi connectivity index (χ0v) is 30.9. The fraction of sp³-hybridized carbons (Fsp3) is 0. The molecule has 0 spiro atoms. The Labute approximate surface area is 327 Å². The van der Waals surface area contributed by atoms with Gasteiger partial charge in [-0.05, 0) is 69.8 Å². The molecule has 5 heteroatoms. The maximum atomic E-state index is 6.48. The molecule has 11 aromatic rings. The van der Waals surface area contributed by atoms with E-state index in [0.29, 0.717) is 17.5 Å². The number of hydrogen-bond acceptors (Lipinski definition) is 5. The number of thiophene rings is 1. The third-order valence-electron chi connectivity index (χ3n) is 10.6. The lowest BCUT2D eigenvalue weighted by molar-refractivity contribution is 0.669. The van der Waals surface area contributed by atoms with E-state index in [1.807, 2.05) is 59.9 Å². The molecule has 11 rings (SSSR count). The van der Waals surface area contributed by atoms with Crippen molar-refractivity contribution in [2.24, 2.45) is 0 Å². The van der Waals surface area contributed by atoms with Gasteiger partial charge in [0.1, 0.15) is 11.2 Å². The van der Waals surface area contributed by atoms with Crippen LogP contribution in [0.25, 0.3) is 110 Å². The van der Waals surface area contributed by atoms with Crippen LogP contribution in [0.4, 0.5) is 0 Å². The van der Waals surface area contributed by atoms with Gasteiger partial charge in [-0.2, -0.15) is 0 Å². The van der Waals surface area contributed by atoms with Crippen molar-refractivity contribution in [3.8, 4) is 67.5 Å². The summed E-state index contributed by atoms with van der Waals surface area (Å²) in [6, 6.07) is 65.7. The average Bonchev–Trinajstić information content (AvgIpc) is 3.84. The summed E-state index contributed by atoms with van der Waals surface area (Å²) in [5.41, 5.74) is 11.4. The molecule has 8 aromatic carbocycles. The third kappa shape index (κ3) is 5.65. The molecule has 0 saturated carbocycles.